The molecule has 0 spiro atoms. The molecule has 0 aliphatic rings. The molecular formula is C9H2ClN3S. The van der Waals surface area contributed by atoms with E-state index in [1.807, 2.05) is 6.07 Å². The van der Waals surface area contributed by atoms with E-state index in [1.54, 1.807) is 23.6 Å². The zero-order valence-electron chi connectivity index (χ0n) is 6.78. The van der Waals surface area contributed by atoms with Crippen molar-refractivity contribution in [1.82, 2.24) is 0 Å². The highest BCUT2D eigenvalue weighted by Crippen LogP contribution is 2.27. The summed E-state index contributed by atoms with van der Waals surface area (Å²) >= 11 is 6.89. The summed E-state index contributed by atoms with van der Waals surface area (Å²) < 4.78 is 0. The summed E-state index contributed by atoms with van der Waals surface area (Å²) in [6.45, 7) is 0. The van der Waals surface area contributed by atoms with Gasteiger partial charge >= 0.3 is 0 Å². The van der Waals surface area contributed by atoms with Crippen molar-refractivity contribution in [3.8, 4) is 18.2 Å². The minimum atomic E-state index is -0.189. The van der Waals surface area contributed by atoms with E-state index in [0.29, 0.717) is 9.90 Å². The zero-order valence-corrected chi connectivity index (χ0v) is 8.35. The van der Waals surface area contributed by atoms with E-state index in [4.69, 9.17) is 27.4 Å². The molecule has 0 fully saturated rings. The first kappa shape index (κ1) is 10.3. The number of hydrogen-bond acceptors (Lipinski definition) is 4. The summed E-state index contributed by atoms with van der Waals surface area (Å²) in [5.41, 5.74) is -0.113. The van der Waals surface area contributed by atoms with Crippen molar-refractivity contribution < 1.29 is 0 Å². The normalized spacial score (nSPS) is 8.14. The fourth-order valence-electron chi connectivity index (χ4n) is 0.815. The second kappa shape index (κ2) is 4.44. The Morgan fingerprint density at radius 2 is 1.86 bits per heavy atom. The van der Waals surface area contributed by atoms with Gasteiger partial charge in [0.1, 0.15) is 23.8 Å². The number of rotatable bonds is 1. The SMILES string of the molecule is N#CC(C#N)=C(C#N)c1cc(Cl)cs1. The van der Waals surface area contributed by atoms with E-state index in [9.17, 15) is 0 Å². The number of nitriles is 3. The predicted molar refractivity (Wildman–Crippen MR) is 53.1 cm³/mol. The maximum atomic E-state index is 8.77. The average molecular weight is 220 g/mol. The molecule has 0 radical (unpaired) electrons. The van der Waals surface area contributed by atoms with Crippen molar-refractivity contribution in [2.45, 2.75) is 0 Å². The van der Waals surface area contributed by atoms with Gasteiger partial charge in [0.25, 0.3) is 0 Å². The molecule has 1 rings (SSSR count). The molecular weight excluding hydrogens is 218 g/mol. The molecule has 14 heavy (non-hydrogen) atoms. The molecule has 5 heteroatoms. The van der Waals surface area contributed by atoms with Crippen LogP contribution in [-0.4, -0.2) is 0 Å². The van der Waals surface area contributed by atoms with Gasteiger partial charge in [-0.2, -0.15) is 15.8 Å². The summed E-state index contributed by atoms with van der Waals surface area (Å²) in [5, 5.41) is 28.1. The Kier molecular flexibility index (Phi) is 3.26. The van der Waals surface area contributed by atoms with Crippen LogP contribution in [0.25, 0.3) is 5.57 Å². The first-order chi connectivity index (χ1) is 6.72. The summed E-state index contributed by atoms with van der Waals surface area (Å²) in [6.07, 6.45) is 0. The van der Waals surface area contributed by atoms with Crippen molar-refractivity contribution in [1.29, 1.82) is 15.8 Å². The van der Waals surface area contributed by atoms with E-state index in [-0.39, 0.29) is 11.1 Å². The smallest absolute Gasteiger partial charge is 0.148 e. The molecule has 1 heterocycles. The van der Waals surface area contributed by atoms with E-state index < -0.39 is 0 Å². The highest BCUT2D eigenvalue weighted by atomic mass is 35.5. The molecule has 1 aromatic heterocycles. The molecule has 66 valence electrons. The Morgan fingerprint density at radius 3 is 2.21 bits per heavy atom. The monoisotopic (exact) mass is 219 g/mol. The van der Waals surface area contributed by atoms with E-state index in [0.717, 1.165) is 0 Å². The highest BCUT2D eigenvalue weighted by molar-refractivity contribution is 7.11. The van der Waals surface area contributed by atoms with Crippen molar-refractivity contribution >= 4 is 28.5 Å². The predicted octanol–water partition coefficient (Wildman–Crippen LogP) is 2.73. The molecule has 0 saturated carbocycles. The van der Waals surface area contributed by atoms with Crippen LogP contribution in [0.3, 0.4) is 0 Å². The Hall–Kier alpha value is -1.80. The number of nitrogens with zero attached hydrogens (tertiary/aromatic N) is 3. The Morgan fingerprint density at radius 1 is 1.21 bits per heavy atom. The van der Waals surface area contributed by atoms with Gasteiger partial charge in [-0.05, 0) is 6.07 Å². The Bertz CT molecular complexity index is 491. The summed E-state index contributed by atoms with van der Waals surface area (Å²) in [4.78, 5) is 0.538. The number of halogens is 1. The van der Waals surface area contributed by atoms with Gasteiger partial charge in [0.2, 0.25) is 0 Å². The molecule has 0 aliphatic carbocycles. The average Bonchev–Trinajstić information content (AvgIpc) is 2.60. The highest BCUT2D eigenvalue weighted by Gasteiger charge is 2.10. The largest absolute Gasteiger partial charge is 0.192 e. The van der Waals surface area contributed by atoms with E-state index >= 15 is 0 Å². The lowest BCUT2D eigenvalue weighted by atomic mass is 10.1. The number of thiophene rings is 1. The molecule has 0 unspecified atom stereocenters. The van der Waals surface area contributed by atoms with Crippen LogP contribution in [0.1, 0.15) is 4.88 Å². The van der Waals surface area contributed by atoms with Crippen molar-refractivity contribution in [2.75, 3.05) is 0 Å². The van der Waals surface area contributed by atoms with Gasteiger partial charge in [0.15, 0.2) is 0 Å². The standard InChI is InChI=1S/C9H2ClN3S/c10-7-1-9(14-5-7)8(4-13)6(2-11)3-12/h1,5H. The molecule has 0 atom stereocenters. The third kappa shape index (κ3) is 1.92. The lowest BCUT2D eigenvalue weighted by Crippen LogP contribution is -1.81. The fraction of sp³-hybridized carbons (Fsp3) is 0. The lowest BCUT2D eigenvalue weighted by Gasteiger charge is -1.90. The lowest BCUT2D eigenvalue weighted by molar-refractivity contribution is 1.46. The van der Waals surface area contributed by atoms with Gasteiger partial charge < -0.3 is 0 Å². The van der Waals surface area contributed by atoms with E-state index in [1.165, 1.54) is 11.3 Å². The fourth-order valence-corrected chi connectivity index (χ4v) is 1.89. The molecule has 0 aromatic carbocycles. The van der Waals surface area contributed by atoms with Crippen LogP contribution in [0, 0.1) is 34.0 Å². The van der Waals surface area contributed by atoms with Crippen molar-refractivity contribution in [2.24, 2.45) is 0 Å². The summed E-state index contributed by atoms with van der Waals surface area (Å²) in [7, 11) is 0. The van der Waals surface area contributed by atoms with Gasteiger partial charge in [-0.3, -0.25) is 0 Å². The maximum absolute atomic E-state index is 8.77. The van der Waals surface area contributed by atoms with Crippen LogP contribution in [0.2, 0.25) is 5.02 Å². The topological polar surface area (TPSA) is 71.4 Å². The summed E-state index contributed by atoms with van der Waals surface area (Å²) in [5.74, 6) is 0. The summed E-state index contributed by atoms with van der Waals surface area (Å²) in [6, 6.07) is 6.72. The van der Waals surface area contributed by atoms with Crippen LogP contribution >= 0.6 is 22.9 Å². The van der Waals surface area contributed by atoms with Gasteiger partial charge in [-0.15, -0.1) is 11.3 Å². The van der Waals surface area contributed by atoms with Crippen molar-refractivity contribution in [3.63, 3.8) is 0 Å². The third-order valence-corrected chi connectivity index (χ3v) is 2.69. The van der Waals surface area contributed by atoms with Gasteiger partial charge in [0.05, 0.1) is 10.6 Å². The van der Waals surface area contributed by atoms with Crippen LogP contribution < -0.4 is 0 Å². The second-order valence-electron chi connectivity index (χ2n) is 2.21. The van der Waals surface area contributed by atoms with Crippen LogP contribution in [0.5, 0.6) is 0 Å². The van der Waals surface area contributed by atoms with Crippen LogP contribution in [0.4, 0.5) is 0 Å². The zero-order chi connectivity index (χ0) is 10.6. The molecule has 0 saturated heterocycles. The van der Waals surface area contributed by atoms with E-state index in [2.05, 4.69) is 0 Å². The molecule has 0 N–H and O–H groups in total. The minimum Gasteiger partial charge on any atom is -0.192 e. The minimum absolute atomic E-state index is 0.0758. The first-order valence-corrected chi connectivity index (χ1v) is 4.67. The number of hydrogen-bond donors (Lipinski definition) is 0. The van der Waals surface area contributed by atoms with Gasteiger partial charge in [-0.1, -0.05) is 11.6 Å². The first-order valence-electron chi connectivity index (χ1n) is 3.42. The molecule has 0 amide bonds. The van der Waals surface area contributed by atoms with Gasteiger partial charge in [0, 0.05) is 10.3 Å². The third-order valence-electron chi connectivity index (χ3n) is 1.40. The quantitative estimate of drug-likeness (QED) is 0.682. The molecule has 0 bridgehead atoms. The number of allylic oxidation sites excluding steroid dienone is 2. The second-order valence-corrected chi connectivity index (χ2v) is 3.56. The van der Waals surface area contributed by atoms with Crippen molar-refractivity contribution in [3.05, 3.63) is 26.9 Å². The maximum Gasteiger partial charge on any atom is 0.148 e. The Labute approximate surface area is 89.7 Å². The molecule has 3 nitrogen and oxygen atoms in total. The molecule has 1 aromatic rings. The van der Waals surface area contributed by atoms with Crippen LogP contribution in [0.15, 0.2) is 17.0 Å². The molecule has 0 aliphatic heterocycles. The Balaban J connectivity index is 3.35. The van der Waals surface area contributed by atoms with Gasteiger partial charge in [-0.25, -0.2) is 0 Å². The van der Waals surface area contributed by atoms with Crippen LogP contribution in [-0.2, 0) is 0 Å².